The van der Waals surface area contributed by atoms with Gasteiger partial charge in [0.1, 0.15) is 11.5 Å². The molecular formula is C31H38N4O3. The number of hydrogen-bond acceptors (Lipinski definition) is 6. The lowest BCUT2D eigenvalue weighted by atomic mass is 9.89. The van der Waals surface area contributed by atoms with Crippen LogP contribution in [0.5, 0.6) is 11.5 Å². The number of rotatable bonds is 7. The van der Waals surface area contributed by atoms with Crippen molar-refractivity contribution in [3.63, 3.8) is 0 Å². The van der Waals surface area contributed by atoms with Crippen LogP contribution in [0, 0.1) is 6.92 Å². The van der Waals surface area contributed by atoms with Crippen molar-refractivity contribution in [3.05, 3.63) is 83.2 Å². The Morgan fingerprint density at radius 3 is 2.26 bits per heavy atom. The summed E-state index contributed by atoms with van der Waals surface area (Å²) in [6.45, 7) is 7.91. The Balaban J connectivity index is 1.22. The Bertz CT molecular complexity index is 1250. The molecule has 2 aromatic carbocycles. The summed E-state index contributed by atoms with van der Waals surface area (Å²) in [5.74, 6) is 2.16. The number of ether oxygens (including phenoxy) is 2. The van der Waals surface area contributed by atoms with Crippen molar-refractivity contribution in [2.24, 2.45) is 0 Å². The quantitative estimate of drug-likeness (QED) is 0.454. The molecule has 7 heteroatoms. The number of carbonyl (C=O) groups excluding carboxylic acids is 1. The van der Waals surface area contributed by atoms with Crippen LogP contribution in [0.3, 0.4) is 0 Å². The molecule has 0 aliphatic carbocycles. The molecule has 2 fully saturated rings. The lowest BCUT2D eigenvalue weighted by Gasteiger charge is -2.37. The molecule has 38 heavy (non-hydrogen) atoms. The first-order valence-corrected chi connectivity index (χ1v) is 13.5. The molecule has 2 saturated heterocycles. The average molecular weight is 515 g/mol. The van der Waals surface area contributed by atoms with Gasteiger partial charge in [-0.25, -0.2) is 0 Å². The van der Waals surface area contributed by atoms with Gasteiger partial charge in [0.05, 0.1) is 25.5 Å². The van der Waals surface area contributed by atoms with Crippen molar-refractivity contribution in [1.29, 1.82) is 0 Å². The van der Waals surface area contributed by atoms with Gasteiger partial charge in [-0.2, -0.15) is 0 Å². The molecular weight excluding hydrogens is 476 g/mol. The van der Waals surface area contributed by atoms with Gasteiger partial charge < -0.3 is 19.3 Å². The van der Waals surface area contributed by atoms with Crippen molar-refractivity contribution >= 4 is 11.6 Å². The summed E-state index contributed by atoms with van der Waals surface area (Å²) in [5, 5.41) is 0. The molecule has 0 N–H and O–H groups in total. The number of methoxy groups -OCH3 is 2. The summed E-state index contributed by atoms with van der Waals surface area (Å²) in [7, 11) is 3.40. The van der Waals surface area contributed by atoms with E-state index in [4.69, 9.17) is 14.5 Å². The maximum atomic E-state index is 13.7. The topological polar surface area (TPSA) is 58.1 Å². The lowest BCUT2D eigenvalue weighted by Crippen LogP contribution is -2.49. The molecule has 2 aliphatic rings. The van der Waals surface area contributed by atoms with Gasteiger partial charge >= 0.3 is 0 Å². The van der Waals surface area contributed by atoms with E-state index >= 15 is 0 Å². The van der Waals surface area contributed by atoms with Crippen LogP contribution in [0.15, 0.2) is 60.7 Å². The van der Waals surface area contributed by atoms with Gasteiger partial charge in [-0.15, -0.1) is 0 Å². The fourth-order valence-electron chi connectivity index (χ4n) is 5.61. The molecule has 0 atom stereocenters. The predicted octanol–water partition coefficient (Wildman–Crippen LogP) is 4.75. The first-order chi connectivity index (χ1) is 18.5. The number of carbonyl (C=O) groups is 1. The second-order valence-electron chi connectivity index (χ2n) is 10.3. The molecule has 0 radical (unpaired) electrons. The molecule has 0 unspecified atom stereocenters. The summed E-state index contributed by atoms with van der Waals surface area (Å²) in [6.07, 6.45) is 2.01. The summed E-state index contributed by atoms with van der Waals surface area (Å²) in [5.41, 5.74) is 5.12. The predicted molar refractivity (Wildman–Crippen MR) is 150 cm³/mol. The highest BCUT2D eigenvalue weighted by molar-refractivity contribution is 5.95. The van der Waals surface area contributed by atoms with Gasteiger partial charge in [-0.3, -0.25) is 14.7 Å². The third-order valence-electron chi connectivity index (χ3n) is 7.79. The monoisotopic (exact) mass is 514 g/mol. The molecule has 1 aromatic heterocycles. The number of piperidine rings is 1. The van der Waals surface area contributed by atoms with E-state index in [9.17, 15) is 4.79 Å². The van der Waals surface area contributed by atoms with Gasteiger partial charge in [-0.05, 0) is 74.8 Å². The number of amides is 1. The zero-order chi connectivity index (χ0) is 26.5. The minimum atomic E-state index is 0.108. The fourth-order valence-corrected chi connectivity index (χ4v) is 5.61. The van der Waals surface area contributed by atoms with Crippen molar-refractivity contribution in [3.8, 4) is 11.5 Å². The van der Waals surface area contributed by atoms with Crippen molar-refractivity contribution < 1.29 is 14.3 Å². The summed E-state index contributed by atoms with van der Waals surface area (Å²) in [4.78, 5) is 25.4. The van der Waals surface area contributed by atoms with E-state index in [1.54, 1.807) is 14.2 Å². The van der Waals surface area contributed by atoms with Crippen molar-refractivity contribution in [2.45, 2.75) is 32.2 Å². The number of likely N-dealkylation sites (tertiary alicyclic amines) is 1. The largest absolute Gasteiger partial charge is 0.497 e. The third-order valence-corrected chi connectivity index (χ3v) is 7.79. The van der Waals surface area contributed by atoms with E-state index in [0.717, 1.165) is 79.7 Å². The van der Waals surface area contributed by atoms with E-state index in [0.29, 0.717) is 19.0 Å². The van der Waals surface area contributed by atoms with Gasteiger partial charge in [0.25, 0.3) is 5.91 Å². The van der Waals surface area contributed by atoms with Gasteiger partial charge in [-0.1, -0.05) is 18.2 Å². The molecule has 7 nitrogen and oxygen atoms in total. The Hall–Kier alpha value is -3.58. The van der Waals surface area contributed by atoms with Crippen LogP contribution in [0.25, 0.3) is 0 Å². The molecule has 2 aliphatic heterocycles. The minimum absolute atomic E-state index is 0.108. The van der Waals surface area contributed by atoms with Gasteiger partial charge in [0.15, 0.2) is 0 Å². The number of hydrogen-bond donors (Lipinski definition) is 0. The summed E-state index contributed by atoms with van der Waals surface area (Å²) < 4.78 is 10.8. The van der Waals surface area contributed by atoms with E-state index in [-0.39, 0.29) is 5.91 Å². The Morgan fingerprint density at radius 2 is 1.55 bits per heavy atom. The minimum Gasteiger partial charge on any atom is -0.497 e. The van der Waals surface area contributed by atoms with Crippen LogP contribution in [0.2, 0.25) is 0 Å². The highest BCUT2D eigenvalue weighted by Gasteiger charge is 2.29. The highest BCUT2D eigenvalue weighted by Crippen LogP contribution is 2.31. The van der Waals surface area contributed by atoms with Crippen LogP contribution in [-0.4, -0.2) is 74.2 Å². The first-order valence-electron chi connectivity index (χ1n) is 13.5. The third kappa shape index (κ3) is 5.94. The number of aromatic nitrogens is 1. The van der Waals surface area contributed by atoms with Crippen LogP contribution < -0.4 is 14.4 Å². The number of piperazine rings is 1. The first kappa shape index (κ1) is 26.0. The zero-order valence-electron chi connectivity index (χ0n) is 22.7. The van der Waals surface area contributed by atoms with Crippen molar-refractivity contribution in [1.82, 2.24) is 14.8 Å². The molecule has 3 heterocycles. The average Bonchev–Trinajstić information content (AvgIpc) is 2.97. The smallest absolute Gasteiger partial charge is 0.255 e. The molecule has 0 bridgehead atoms. The normalized spacial score (nSPS) is 16.9. The number of pyridine rings is 1. The Labute approximate surface area is 226 Å². The summed E-state index contributed by atoms with van der Waals surface area (Å²) in [6, 6.07) is 20.4. The standard InChI is InChI=1S/C31H38N4O3/c1-23-10-11-29(31(36)35-18-16-34(17-19-35)26-7-5-9-28(21-26)38-3)30(32-23)25-12-14-33(15-13-25)22-24-6-4-8-27(20-24)37-2/h4-11,20-21,25H,12-19,22H2,1-3H3. The van der Waals surface area contributed by atoms with Crippen LogP contribution >= 0.6 is 0 Å². The highest BCUT2D eigenvalue weighted by atomic mass is 16.5. The second-order valence-corrected chi connectivity index (χ2v) is 10.3. The second kappa shape index (κ2) is 11.9. The van der Waals surface area contributed by atoms with Crippen molar-refractivity contribution in [2.75, 3.05) is 58.4 Å². The maximum Gasteiger partial charge on any atom is 0.255 e. The van der Waals surface area contributed by atoms with Crippen LogP contribution in [0.4, 0.5) is 5.69 Å². The molecule has 5 rings (SSSR count). The van der Waals surface area contributed by atoms with E-state index < -0.39 is 0 Å². The molecule has 200 valence electrons. The fraction of sp³-hybridized carbons (Fsp3) is 0.419. The van der Waals surface area contributed by atoms with E-state index in [1.807, 2.05) is 48.2 Å². The zero-order valence-corrected chi connectivity index (χ0v) is 22.7. The molecule has 3 aromatic rings. The van der Waals surface area contributed by atoms with Gasteiger partial charge in [0, 0.05) is 56.1 Å². The van der Waals surface area contributed by atoms with Gasteiger partial charge in [0.2, 0.25) is 0 Å². The summed E-state index contributed by atoms with van der Waals surface area (Å²) >= 11 is 0. The SMILES string of the molecule is COc1cccc(CN2CCC(c3nc(C)ccc3C(=O)N3CCN(c4cccc(OC)c4)CC3)CC2)c1. The lowest BCUT2D eigenvalue weighted by molar-refractivity contribution is 0.0743. The van der Waals surface area contributed by atoms with E-state index in [1.165, 1.54) is 5.56 Å². The Morgan fingerprint density at radius 1 is 0.868 bits per heavy atom. The van der Waals surface area contributed by atoms with Crippen LogP contribution in [0.1, 0.15) is 46.1 Å². The number of benzene rings is 2. The number of anilines is 1. The number of aryl methyl sites for hydroxylation is 1. The molecule has 1 amide bonds. The maximum absolute atomic E-state index is 13.7. The Kier molecular flexibility index (Phi) is 8.13. The number of nitrogens with zero attached hydrogens (tertiary/aromatic N) is 4. The molecule has 0 saturated carbocycles. The van der Waals surface area contributed by atoms with Crippen LogP contribution in [-0.2, 0) is 6.54 Å². The van der Waals surface area contributed by atoms with E-state index in [2.05, 4.69) is 34.1 Å². The molecule has 0 spiro atoms.